The van der Waals surface area contributed by atoms with E-state index in [9.17, 15) is 9.59 Å². The Morgan fingerprint density at radius 3 is 2.44 bits per heavy atom. The Morgan fingerprint density at radius 2 is 1.74 bits per heavy atom. The second kappa shape index (κ2) is 10.1. The lowest BCUT2D eigenvalue weighted by atomic mass is 10.2. The van der Waals surface area contributed by atoms with E-state index in [2.05, 4.69) is 5.32 Å². The fourth-order valence-corrected chi connectivity index (χ4v) is 2.28. The lowest BCUT2D eigenvalue weighted by Crippen LogP contribution is -2.29. The molecule has 2 rings (SSSR count). The number of amides is 1. The van der Waals surface area contributed by atoms with Crippen molar-refractivity contribution >= 4 is 11.9 Å². The number of carbonyl (C=O) groups excluding carboxylic acids is 2. The van der Waals surface area contributed by atoms with E-state index in [1.54, 1.807) is 32.4 Å². The average molecular weight is 373 g/mol. The summed E-state index contributed by atoms with van der Waals surface area (Å²) in [6.07, 6.45) is 0. The van der Waals surface area contributed by atoms with Gasteiger partial charge in [0.1, 0.15) is 5.75 Å². The van der Waals surface area contributed by atoms with Crippen LogP contribution in [0.5, 0.6) is 17.2 Å². The summed E-state index contributed by atoms with van der Waals surface area (Å²) < 4.78 is 20.6. The SMILES string of the molecule is COc1ccc(CNC(=O)COC(=O)COc2cccc(C)c2)cc1OC. The summed E-state index contributed by atoms with van der Waals surface area (Å²) in [4.78, 5) is 23.5. The van der Waals surface area contributed by atoms with Gasteiger partial charge in [0.15, 0.2) is 24.7 Å². The van der Waals surface area contributed by atoms with Crippen LogP contribution < -0.4 is 19.5 Å². The molecule has 0 atom stereocenters. The van der Waals surface area contributed by atoms with Gasteiger partial charge in [0.05, 0.1) is 14.2 Å². The summed E-state index contributed by atoms with van der Waals surface area (Å²) in [7, 11) is 3.09. The second-order valence-corrected chi connectivity index (χ2v) is 5.73. The van der Waals surface area contributed by atoms with Gasteiger partial charge in [0.25, 0.3) is 5.91 Å². The number of carbonyl (C=O) groups is 2. The second-order valence-electron chi connectivity index (χ2n) is 5.73. The summed E-state index contributed by atoms with van der Waals surface area (Å²) in [5, 5.41) is 2.67. The molecule has 27 heavy (non-hydrogen) atoms. The van der Waals surface area contributed by atoms with E-state index in [0.29, 0.717) is 17.2 Å². The lowest BCUT2D eigenvalue weighted by molar-refractivity contribution is -0.150. The van der Waals surface area contributed by atoms with Crippen LogP contribution in [0.3, 0.4) is 0 Å². The summed E-state index contributed by atoms with van der Waals surface area (Å²) in [5.74, 6) is 0.732. The number of hydrogen-bond donors (Lipinski definition) is 1. The maximum Gasteiger partial charge on any atom is 0.344 e. The highest BCUT2D eigenvalue weighted by molar-refractivity contribution is 5.80. The predicted octanol–water partition coefficient (Wildman–Crippen LogP) is 2.25. The van der Waals surface area contributed by atoms with Gasteiger partial charge in [-0.15, -0.1) is 0 Å². The van der Waals surface area contributed by atoms with Gasteiger partial charge in [-0.2, -0.15) is 0 Å². The van der Waals surface area contributed by atoms with Crippen LogP contribution in [0.2, 0.25) is 0 Å². The first-order valence-electron chi connectivity index (χ1n) is 8.34. The molecule has 144 valence electrons. The van der Waals surface area contributed by atoms with Crippen LogP contribution in [0.25, 0.3) is 0 Å². The van der Waals surface area contributed by atoms with Crippen molar-refractivity contribution in [3.63, 3.8) is 0 Å². The van der Waals surface area contributed by atoms with Crippen LogP contribution in [-0.4, -0.2) is 39.3 Å². The van der Waals surface area contributed by atoms with Crippen LogP contribution in [0.15, 0.2) is 42.5 Å². The number of nitrogens with one attached hydrogen (secondary N) is 1. The smallest absolute Gasteiger partial charge is 0.344 e. The van der Waals surface area contributed by atoms with E-state index in [4.69, 9.17) is 18.9 Å². The summed E-state index contributed by atoms with van der Waals surface area (Å²) in [6.45, 7) is 1.57. The minimum atomic E-state index is -0.613. The van der Waals surface area contributed by atoms with E-state index in [1.807, 2.05) is 31.2 Å². The van der Waals surface area contributed by atoms with Crippen LogP contribution in [-0.2, 0) is 20.9 Å². The van der Waals surface area contributed by atoms with Crippen LogP contribution in [0.4, 0.5) is 0 Å². The molecule has 0 aliphatic carbocycles. The van der Waals surface area contributed by atoms with Crippen molar-refractivity contribution in [2.45, 2.75) is 13.5 Å². The Bertz CT molecular complexity index is 790. The summed E-state index contributed by atoms with van der Waals surface area (Å²) >= 11 is 0. The van der Waals surface area contributed by atoms with Gasteiger partial charge < -0.3 is 24.3 Å². The van der Waals surface area contributed by atoms with Crippen LogP contribution in [0.1, 0.15) is 11.1 Å². The molecule has 0 bridgehead atoms. The normalized spacial score (nSPS) is 10.0. The van der Waals surface area contributed by atoms with Crippen LogP contribution >= 0.6 is 0 Å². The Labute approximate surface area is 158 Å². The van der Waals surface area contributed by atoms with E-state index < -0.39 is 11.9 Å². The number of rotatable bonds is 9. The highest BCUT2D eigenvalue weighted by atomic mass is 16.6. The van der Waals surface area contributed by atoms with Gasteiger partial charge in [0, 0.05) is 6.54 Å². The van der Waals surface area contributed by atoms with Gasteiger partial charge in [-0.25, -0.2) is 4.79 Å². The molecule has 1 N–H and O–H groups in total. The van der Waals surface area contributed by atoms with Crippen molar-refractivity contribution in [2.24, 2.45) is 0 Å². The van der Waals surface area contributed by atoms with Crippen molar-refractivity contribution in [3.8, 4) is 17.2 Å². The zero-order chi connectivity index (χ0) is 19.6. The largest absolute Gasteiger partial charge is 0.493 e. The molecule has 7 nitrogen and oxygen atoms in total. The summed E-state index contributed by atoms with van der Waals surface area (Å²) in [5.41, 5.74) is 1.85. The number of ether oxygens (including phenoxy) is 4. The van der Waals surface area contributed by atoms with E-state index in [0.717, 1.165) is 11.1 Å². The first kappa shape index (κ1) is 20.1. The highest BCUT2D eigenvalue weighted by Gasteiger charge is 2.10. The average Bonchev–Trinajstić information content (AvgIpc) is 2.68. The summed E-state index contributed by atoms with van der Waals surface area (Å²) in [6, 6.07) is 12.6. The first-order chi connectivity index (χ1) is 13.0. The molecule has 7 heteroatoms. The monoisotopic (exact) mass is 373 g/mol. The molecule has 0 spiro atoms. The number of aryl methyl sites for hydroxylation is 1. The van der Waals surface area contributed by atoms with E-state index in [-0.39, 0.29) is 19.8 Å². The Balaban J connectivity index is 1.72. The predicted molar refractivity (Wildman–Crippen MR) is 99.0 cm³/mol. The lowest BCUT2D eigenvalue weighted by Gasteiger charge is -2.11. The highest BCUT2D eigenvalue weighted by Crippen LogP contribution is 2.27. The fraction of sp³-hybridized carbons (Fsp3) is 0.300. The molecule has 2 aromatic carbocycles. The minimum absolute atomic E-state index is 0.258. The number of esters is 1. The molecule has 0 fully saturated rings. The third-order valence-corrected chi connectivity index (χ3v) is 3.65. The fourth-order valence-electron chi connectivity index (χ4n) is 2.28. The van der Waals surface area contributed by atoms with Crippen molar-refractivity contribution in [3.05, 3.63) is 53.6 Å². The van der Waals surface area contributed by atoms with Gasteiger partial charge in [-0.05, 0) is 42.3 Å². The topological polar surface area (TPSA) is 83.1 Å². The maximum atomic E-state index is 11.8. The maximum absolute atomic E-state index is 11.8. The zero-order valence-corrected chi connectivity index (χ0v) is 15.6. The number of benzene rings is 2. The molecule has 0 aliphatic rings. The Hall–Kier alpha value is -3.22. The van der Waals surface area contributed by atoms with Gasteiger partial charge in [0.2, 0.25) is 0 Å². The van der Waals surface area contributed by atoms with Crippen LogP contribution in [0, 0.1) is 6.92 Å². The molecule has 2 aromatic rings. The molecular formula is C20H23NO6. The third kappa shape index (κ3) is 6.54. The number of methoxy groups -OCH3 is 2. The van der Waals surface area contributed by atoms with Crippen molar-refractivity contribution < 1.29 is 28.5 Å². The van der Waals surface area contributed by atoms with Gasteiger partial charge >= 0.3 is 5.97 Å². The standard InChI is InChI=1S/C20H23NO6/c1-14-5-4-6-16(9-14)26-13-20(23)27-12-19(22)21-11-15-7-8-17(24-2)18(10-15)25-3/h4-10H,11-13H2,1-3H3,(H,21,22). The minimum Gasteiger partial charge on any atom is -0.493 e. The third-order valence-electron chi connectivity index (χ3n) is 3.65. The van der Waals surface area contributed by atoms with Gasteiger partial charge in [-0.1, -0.05) is 18.2 Å². The Morgan fingerprint density at radius 1 is 0.963 bits per heavy atom. The molecule has 0 saturated heterocycles. The number of hydrogen-bond acceptors (Lipinski definition) is 6. The molecule has 0 unspecified atom stereocenters. The van der Waals surface area contributed by atoms with Crippen molar-refractivity contribution in [1.29, 1.82) is 0 Å². The van der Waals surface area contributed by atoms with Crippen molar-refractivity contribution in [1.82, 2.24) is 5.32 Å². The molecule has 0 saturated carbocycles. The van der Waals surface area contributed by atoms with E-state index >= 15 is 0 Å². The molecule has 1 amide bonds. The quantitative estimate of drug-likeness (QED) is 0.679. The molecule has 0 radical (unpaired) electrons. The van der Waals surface area contributed by atoms with Crippen molar-refractivity contribution in [2.75, 3.05) is 27.4 Å². The molecule has 0 aromatic heterocycles. The first-order valence-corrected chi connectivity index (χ1v) is 8.34. The van der Waals surface area contributed by atoms with Gasteiger partial charge in [-0.3, -0.25) is 4.79 Å². The Kier molecular flexibility index (Phi) is 7.49. The molecule has 0 aliphatic heterocycles. The molecular weight excluding hydrogens is 350 g/mol. The zero-order valence-electron chi connectivity index (χ0n) is 15.6. The van der Waals surface area contributed by atoms with E-state index in [1.165, 1.54) is 0 Å². The molecule has 0 heterocycles.